The van der Waals surface area contributed by atoms with Crippen molar-refractivity contribution in [1.29, 1.82) is 0 Å². The highest BCUT2D eigenvalue weighted by atomic mass is 16.3. The highest BCUT2D eigenvalue weighted by Crippen LogP contribution is 2.47. The van der Waals surface area contributed by atoms with Gasteiger partial charge in [-0.3, -0.25) is 0 Å². The molecular formula is C60H40N2O. The zero-order chi connectivity index (χ0) is 41.7. The molecule has 0 aliphatic carbocycles. The summed E-state index contributed by atoms with van der Waals surface area (Å²) in [6.45, 7) is 0. The molecule has 63 heavy (non-hydrogen) atoms. The van der Waals surface area contributed by atoms with Crippen LogP contribution in [-0.2, 0) is 0 Å². The van der Waals surface area contributed by atoms with Crippen LogP contribution >= 0.6 is 0 Å². The molecular weight excluding hydrogens is 765 g/mol. The molecule has 0 amide bonds. The fourth-order valence-electron chi connectivity index (χ4n) is 9.39. The zero-order valence-corrected chi connectivity index (χ0v) is 34.4. The molecule has 12 aromatic rings. The summed E-state index contributed by atoms with van der Waals surface area (Å²) in [4.78, 5) is 2.37. The number of anilines is 3. The van der Waals surface area contributed by atoms with Gasteiger partial charge in [-0.05, 0) is 106 Å². The van der Waals surface area contributed by atoms with E-state index in [1.54, 1.807) is 0 Å². The van der Waals surface area contributed by atoms with E-state index < -0.39 is 0 Å². The molecule has 0 saturated carbocycles. The molecule has 3 nitrogen and oxygen atoms in total. The van der Waals surface area contributed by atoms with E-state index >= 15 is 0 Å². The molecule has 0 aliphatic rings. The first-order valence-electron chi connectivity index (χ1n) is 21.5. The van der Waals surface area contributed by atoms with E-state index in [0.29, 0.717) is 0 Å². The van der Waals surface area contributed by atoms with Gasteiger partial charge in [0.25, 0.3) is 0 Å². The van der Waals surface area contributed by atoms with Crippen molar-refractivity contribution in [3.63, 3.8) is 0 Å². The standard InChI is InChI=1S/C60H40N2O/c1-3-14-41(15-4-1)43-26-28-44(29-27-43)46-32-36-49(37-33-46)61(48-34-30-45(31-35-48)42-16-5-2-6-17-42)57-39-38-51(60-59(57)54-22-9-12-25-58(54)63-60)47-18-13-19-50(40-47)62-55-23-10-7-20-52(55)53-21-8-11-24-56(53)62/h1-40H. The largest absolute Gasteiger partial charge is 0.455 e. The smallest absolute Gasteiger partial charge is 0.145 e. The minimum absolute atomic E-state index is 0.855. The van der Waals surface area contributed by atoms with Crippen molar-refractivity contribution in [2.45, 2.75) is 0 Å². The molecule has 2 heterocycles. The number of aromatic nitrogens is 1. The molecule has 12 rings (SSSR count). The third-order valence-electron chi connectivity index (χ3n) is 12.4. The van der Waals surface area contributed by atoms with Crippen molar-refractivity contribution in [2.24, 2.45) is 0 Å². The van der Waals surface area contributed by atoms with Crippen LogP contribution in [0.5, 0.6) is 0 Å². The molecule has 0 atom stereocenters. The number of hydrogen-bond donors (Lipinski definition) is 0. The fraction of sp³-hybridized carbons (Fsp3) is 0. The van der Waals surface area contributed by atoms with Crippen LogP contribution in [0.3, 0.4) is 0 Å². The second-order valence-corrected chi connectivity index (χ2v) is 16.1. The summed E-state index contributed by atoms with van der Waals surface area (Å²) in [6, 6.07) is 86.9. The van der Waals surface area contributed by atoms with Gasteiger partial charge in [-0.15, -0.1) is 0 Å². The van der Waals surface area contributed by atoms with Crippen molar-refractivity contribution in [1.82, 2.24) is 4.57 Å². The fourth-order valence-corrected chi connectivity index (χ4v) is 9.39. The van der Waals surface area contributed by atoms with Crippen LogP contribution in [0.15, 0.2) is 247 Å². The Hall–Kier alpha value is -8.40. The lowest BCUT2D eigenvalue weighted by atomic mass is 9.98. The van der Waals surface area contributed by atoms with Gasteiger partial charge < -0.3 is 13.9 Å². The normalized spacial score (nSPS) is 11.5. The highest BCUT2D eigenvalue weighted by Gasteiger charge is 2.23. The molecule has 10 aromatic carbocycles. The number of rotatable bonds is 8. The van der Waals surface area contributed by atoms with Crippen LogP contribution in [0, 0.1) is 0 Å². The van der Waals surface area contributed by atoms with E-state index in [2.05, 4.69) is 252 Å². The van der Waals surface area contributed by atoms with Crippen LogP contribution < -0.4 is 4.90 Å². The number of furan rings is 1. The second-order valence-electron chi connectivity index (χ2n) is 16.1. The maximum absolute atomic E-state index is 6.93. The zero-order valence-electron chi connectivity index (χ0n) is 34.4. The number of hydrogen-bond acceptors (Lipinski definition) is 2. The molecule has 0 saturated heterocycles. The molecule has 2 aromatic heterocycles. The molecule has 0 unspecified atom stereocenters. The summed E-state index contributed by atoms with van der Waals surface area (Å²) in [5.74, 6) is 0. The van der Waals surface area contributed by atoms with Crippen molar-refractivity contribution in [2.75, 3.05) is 4.90 Å². The van der Waals surface area contributed by atoms with Gasteiger partial charge in [-0.1, -0.05) is 176 Å². The van der Waals surface area contributed by atoms with E-state index in [4.69, 9.17) is 4.42 Å². The molecule has 0 spiro atoms. The predicted octanol–water partition coefficient (Wildman–Crippen LogP) is 16.8. The molecule has 0 fully saturated rings. The van der Waals surface area contributed by atoms with Crippen LogP contribution in [0.1, 0.15) is 0 Å². The molecule has 0 aliphatic heterocycles. The predicted molar refractivity (Wildman–Crippen MR) is 264 cm³/mol. The van der Waals surface area contributed by atoms with Crippen molar-refractivity contribution < 1.29 is 4.42 Å². The Balaban J connectivity index is 1.01. The first-order chi connectivity index (χ1) is 31.2. The maximum Gasteiger partial charge on any atom is 0.145 e. The van der Waals surface area contributed by atoms with Crippen molar-refractivity contribution in [3.8, 4) is 50.2 Å². The lowest BCUT2D eigenvalue weighted by molar-refractivity contribution is 0.670. The molecule has 296 valence electrons. The quantitative estimate of drug-likeness (QED) is 0.153. The first kappa shape index (κ1) is 36.5. The third kappa shape index (κ3) is 6.38. The van der Waals surface area contributed by atoms with E-state index in [9.17, 15) is 0 Å². The number of fused-ring (bicyclic) bond motifs is 6. The number of benzene rings is 10. The van der Waals surface area contributed by atoms with Crippen molar-refractivity contribution in [3.05, 3.63) is 243 Å². The molecule has 3 heteroatoms. The van der Waals surface area contributed by atoms with Gasteiger partial charge in [-0.2, -0.15) is 0 Å². The van der Waals surface area contributed by atoms with Gasteiger partial charge >= 0.3 is 0 Å². The first-order valence-corrected chi connectivity index (χ1v) is 21.5. The SMILES string of the molecule is c1ccc(-c2ccc(-c3ccc(N(c4ccc(-c5ccccc5)cc4)c4ccc(-c5cccc(-n6c7ccccc7c7ccccc76)c5)c5oc6ccccc6c45)cc3)cc2)cc1. The van der Waals surface area contributed by atoms with E-state index in [1.165, 1.54) is 49.6 Å². The van der Waals surface area contributed by atoms with E-state index in [1.807, 2.05) is 0 Å². The lowest BCUT2D eigenvalue weighted by Crippen LogP contribution is -2.10. The Bertz CT molecular complexity index is 3530. The topological polar surface area (TPSA) is 21.3 Å². The van der Waals surface area contributed by atoms with Gasteiger partial charge in [0.15, 0.2) is 0 Å². The average Bonchev–Trinajstić information content (AvgIpc) is 3.92. The van der Waals surface area contributed by atoms with Gasteiger partial charge in [0.2, 0.25) is 0 Å². The van der Waals surface area contributed by atoms with Gasteiger partial charge in [0, 0.05) is 38.8 Å². The maximum atomic E-state index is 6.93. The van der Waals surface area contributed by atoms with Crippen LogP contribution in [0.2, 0.25) is 0 Å². The second kappa shape index (κ2) is 15.3. The summed E-state index contributed by atoms with van der Waals surface area (Å²) >= 11 is 0. The van der Waals surface area contributed by atoms with E-state index in [0.717, 1.165) is 61.4 Å². The van der Waals surface area contributed by atoms with Gasteiger partial charge in [-0.25, -0.2) is 0 Å². The Morgan fingerprint density at radius 3 is 1.33 bits per heavy atom. The Morgan fingerprint density at radius 1 is 0.333 bits per heavy atom. The summed E-state index contributed by atoms with van der Waals surface area (Å²) in [5.41, 5.74) is 17.6. The summed E-state index contributed by atoms with van der Waals surface area (Å²) < 4.78 is 9.31. The number of para-hydroxylation sites is 3. The molecule has 0 radical (unpaired) electrons. The minimum Gasteiger partial charge on any atom is -0.455 e. The van der Waals surface area contributed by atoms with Crippen molar-refractivity contribution >= 4 is 60.8 Å². The van der Waals surface area contributed by atoms with E-state index in [-0.39, 0.29) is 0 Å². The number of nitrogens with zero attached hydrogens (tertiary/aromatic N) is 2. The Kier molecular flexibility index (Phi) is 8.83. The Labute approximate surface area is 366 Å². The lowest BCUT2D eigenvalue weighted by Gasteiger charge is -2.27. The molecule has 0 bridgehead atoms. The molecule has 0 N–H and O–H groups in total. The highest BCUT2D eigenvalue weighted by molar-refractivity contribution is 6.17. The summed E-state index contributed by atoms with van der Waals surface area (Å²) in [6.07, 6.45) is 0. The van der Waals surface area contributed by atoms with Crippen LogP contribution in [0.25, 0.3) is 93.9 Å². The van der Waals surface area contributed by atoms with Crippen LogP contribution in [0.4, 0.5) is 17.1 Å². The minimum atomic E-state index is 0.855. The average molecular weight is 805 g/mol. The van der Waals surface area contributed by atoms with Gasteiger partial charge in [0.1, 0.15) is 11.2 Å². The Morgan fingerprint density at radius 2 is 0.778 bits per heavy atom. The van der Waals surface area contributed by atoms with Gasteiger partial charge in [0.05, 0.1) is 22.1 Å². The monoisotopic (exact) mass is 804 g/mol. The third-order valence-corrected chi connectivity index (χ3v) is 12.4. The summed E-state index contributed by atoms with van der Waals surface area (Å²) in [5, 5.41) is 4.63. The summed E-state index contributed by atoms with van der Waals surface area (Å²) in [7, 11) is 0. The van der Waals surface area contributed by atoms with Crippen LogP contribution in [-0.4, -0.2) is 4.57 Å².